The topological polar surface area (TPSA) is 54.3 Å². The maximum absolute atomic E-state index is 14.1. The van der Waals surface area contributed by atoms with Crippen LogP contribution in [0.15, 0.2) is 71.7 Å². The number of nitrogens with one attached hydrogen (secondary N) is 1. The van der Waals surface area contributed by atoms with Gasteiger partial charge in [-0.15, -0.1) is 0 Å². The van der Waals surface area contributed by atoms with E-state index >= 15 is 0 Å². The molecule has 2 heterocycles. The van der Waals surface area contributed by atoms with Crippen molar-refractivity contribution in [2.24, 2.45) is 0 Å². The molecule has 1 aromatic heterocycles. The highest BCUT2D eigenvalue weighted by molar-refractivity contribution is 5.93. The molecule has 0 bridgehead atoms. The molecule has 0 saturated carbocycles. The Hall–Kier alpha value is -3.25. The van der Waals surface area contributed by atoms with Crippen molar-refractivity contribution in [3.8, 4) is 5.69 Å². The van der Waals surface area contributed by atoms with Crippen molar-refractivity contribution >= 4 is 5.91 Å². The Balaban J connectivity index is 1.43. The summed E-state index contributed by atoms with van der Waals surface area (Å²) >= 11 is 0. The summed E-state index contributed by atoms with van der Waals surface area (Å²) < 4.78 is 15.2. The standard InChI is InChI=1S/C24H24FN3O2/c1-17(27-13-12-18-6-2-3-7-19(18)15-27)14-26-24(30)20-10-11-23(29)28(16-20)22-9-5-4-8-21(22)25/h2-11,16-17H,12-15H2,1H3,(H,26,30). The minimum atomic E-state index is -0.517. The number of fused-ring (bicyclic) bond motifs is 1. The first-order valence-electron chi connectivity index (χ1n) is 10.1. The average molecular weight is 405 g/mol. The molecule has 154 valence electrons. The third-order valence-electron chi connectivity index (χ3n) is 5.63. The minimum Gasteiger partial charge on any atom is -0.350 e. The first-order chi connectivity index (χ1) is 14.5. The van der Waals surface area contributed by atoms with Crippen LogP contribution in [0.1, 0.15) is 28.4 Å². The Kier molecular flexibility index (Phi) is 5.77. The van der Waals surface area contributed by atoms with Crippen molar-refractivity contribution in [1.82, 2.24) is 14.8 Å². The van der Waals surface area contributed by atoms with E-state index in [4.69, 9.17) is 0 Å². The zero-order chi connectivity index (χ0) is 21.1. The number of hydrogen-bond acceptors (Lipinski definition) is 3. The molecule has 0 spiro atoms. The van der Waals surface area contributed by atoms with Crippen molar-refractivity contribution in [2.45, 2.75) is 25.9 Å². The molecule has 0 aliphatic carbocycles. The molecule has 3 aromatic rings. The second-order valence-corrected chi connectivity index (χ2v) is 7.63. The Morgan fingerprint density at radius 1 is 1.07 bits per heavy atom. The van der Waals surface area contributed by atoms with E-state index in [9.17, 15) is 14.0 Å². The first-order valence-corrected chi connectivity index (χ1v) is 10.1. The van der Waals surface area contributed by atoms with Gasteiger partial charge in [-0.05, 0) is 42.7 Å². The normalized spacial score (nSPS) is 14.7. The number of halogens is 1. The smallest absolute Gasteiger partial charge is 0.255 e. The fraction of sp³-hybridized carbons (Fsp3) is 0.250. The zero-order valence-electron chi connectivity index (χ0n) is 16.8. The summed E-state index contributed by atoms with van der Waals surface area (Å²) in [6.45, 7) is 4.39. The summed E-state index contributed by atoms with van der Waals surface area (Å²) in [7, 11) is 0. The minimum absolute atomic E-state index is 0.123. The second kappa shape index (κ2) is 8.63. The van der Waals surface area contributed by atoms with Crippen molar-refractivity contribution in [3.05, 3.63) is 99.7 Å². The van der Waals surface area contributed by atoms with Crippen LogP contribution < -0.4 is 10.9 Å². The molecule has 6 heteroatoms. The summed E-state index contributed by atoms with van der Waals surface area (Å²) in [6.07, 6.45) is 2.39. The van der Waals surface area contributed by atoms with E-state index in [1.165, 1.54) is 41.6 Å². The maximum Gasteiger partial charge on any atom is 0.255 e. The van der Waals surface area contributed by atoms with Crippen LogP contribution in [0.5, 0.6) is 0 Å². The quantitative estimate of drug-likeness (QED) is 0.710. The second-order valence-electron chi connectivity index (χ2n) is 7.63. The van der Waals surface area contributed by atoms with Gasteiger partial charge in [0.05, 0.1) is 11.3 Å². The summed E-state index contributed by atoms with van der Waals surface area (Å²) in [4.78, 5) is 27.2. The number of para-hydroxylation sites is 1. The third-order valence-corrected chi connectivity index (χ3v) is 5.63. The van der Waals surface area contributed by atoms with E-state index in [-0.39, 0.29) is 17.6 Å². The van der Waals surface area contributed by atoms with E-state index in [2.05, 4.69) is 41.4 Å². The maximum atomic E-state index is 14.1. The number of rotatable bonds is 5. The van der Waals surface area contributed by atoms with Crippen LogP contribution in [0.4, 0.5) is 4.39 Å². The molecule has 1 amide bonds. The van der Waals surface area contributed by atoms with Gasteiger partial charge in [0.25, 0.3) is 11.5 Å². The number of carbonyl (C=O) groups excluding carboxylic acids is 1. The van der Waals surface area contributed by atoms with Gasteiger partial charge in [0.2, 0.25) is 0 Å². The molecule has 1 atom stereocenters. The summed E-state index contributed by atoms with van der Waals surface area (Å²) in [5, 5.41) is 2.94. The summed E-state index contributed by atoms with van der Waals surface area (Å²) in [5.74, 6) is -0.805. The number of benzene rings is 2. The molecule has 0 fully saturated rings. The Labute approximate surface area is 174 Å². The first kappa shape index (κ1) is 20.0. The zero-order valence-corrected chi connectivity index (χ0v) is 16.8. The van der Waals surface area contributed by atoms with Gasteiger partial charge in [0, 0.05) is 37.9 Å². The average Bonchev–Trinajstić information content (AvgIpc) is 2.77. The number of carbonyl (C=O) groups is 1. The predicted molar refractivity (Wildman–Crippen MR) is 114 cm³/mol. The number of pyridine rings is 1. The van der Waals surface area contributed by atoms with Gasteiger partial charge in [-0.2, -0.15) is 0 Å². The van der Waals surface area contributed by atoms with Gasteiger partial charge in [-0.25, -0.2) is 4.39 Å². The molecule has 1 N–H and O–H groups in total. The lowest BCUT2D eigenvalue weighted by Crippen LogP contribution is -2.44. The monoisotopic (exact) mass is 405 g/mol. The van der Waals surface area contributed by atoms with Crippen molar-refractivity contribution in [1.29, 1.82) is 0 Å². The van der Waals surface area contributed by atoms with E-state index in [1.807, 2.05) is 0 Å². The van der Waals surface area contributed by atoms with E-state index in [0.29, 0.717) is 12.1 Å². The van der Waals surface area contributed by atoms with Gasteiger partial charge in [0.1, 0.15) is 5.82 Å². The number of aromatic nitrogens is 1. The van der Waals surface area contributed by atoms with Gasteiger partial charge in [-0.3, -0.25) is 19.1 Å². The lowest BCUT2D eigenvalue weighted by atomic mass is 9.99. The molecular formula is C24H24FN3O2. The van der Waals surface area contributed by atoms with Gasteiger partial charge in [-0.1, -0.05) is 36.4 Å². The van der Waals surface area contributed by atoms with Crippen LogP contribution in [-0.2, 0) is 13.0 Å². The number of hydrogen-bond donors (Lipinski definition) is 1. The molecule has 1 aliphatic heterocycles. The van der Waals surface area contributed by atoms with Crippen LogP contribution in [0.25, 0.3) is 5.69 Å². The SMILES string of the molecule is CC(CNC(=O)c1ccc(=O)n(-c2ccccc2F)c1)N1CCc2ccccc2C1. The third kappa shape index (κ3) is 4.19. The van der Waals surface area contributed by atoms with Crippen molar-refractivity contribution in [3.63, 3.8) is 0 Å². The molecule has 5 nitrogen and oxygen atoms in total. The van der Waals surface area contributed by atoms with E-state index in [1.54, 1.807) is 12.1 Å². The van der Waals surface area contributed by atoms with Crippen LogP contribution in [0.2, 0.25) is 0 Å². The fourth-order valence-corrected chi connectivity index (χ4v) is 3.82. The van der Waals surface area contributed by atoms with Gasteiger partial charge in [0.15, 0.2) is 0 Å². The molecule has 30 heavy (non-hydrogen) atoms. The molecule has 4 rings (SSSR count). The van der Waals surface area contributed by atoms with Crippen LogP contribution >= 0.6 is 0 Å². The fourth-order valence-electron chi connectivity index (χ4n) is 3.82. The summed E-state index contributed by atoms with van der Waals surface area (Å²) in [6, 6.07) is 17.4. The Morgan fingerprint density at radius 2 is 1.80 bits per heavy atom. The Bertz CT molecular complexity index is 1130. The molecular weight excluding hydrogens is 381 g/mol. The lowest BCUT2D eigenvalue weighted by molar-refractivity contribution is 0.0932. The highest BCUT2D eigenvalue weighted by Crippen LogP contribution is 2.20. The van der Waals surface area contributed by atoms with Crippen LogP contribution in [0, 0.1) is 5.82 Å². The molecule has 1 unspecified atom stereocenters. The largest absolute Gasteiger partial charge is 0.350 e. The van der Waals surface area contributed by atoms with Crippen LogP contribution in [0.3, 0.4) is 0 Å². The number of amides is 1. The lowest BCUT2D eigenvalue weighted by Gasteiger charge is -2.33. The van der Waals surface area contributed by atoms with Gasteiger partial charge < -0.3 is 5.32 Å². The van der Waals surface area contributed by atoms with Gasteiger partial charge >= 0.3 is 0 Å². The van der Waals surface area contributed by atoms with E-state index < -0.39 is 11.4 Å². The molecule has 0 saturated heterocycles. The van der Waals surface area contributed by atoms with E-state index in [0.717, 1.165) is 24.1 Å². The number of nitrogens with zero attached hydrogens (tertiary/aromatic N) is 2. The molecule has 1 aliphatic rings. The van der Waals surface area contributed by atoms with Crippen LogP contribution in [-0.4, -0.2) is 34.5 Å². The summed E-state index contributed by atoms with van der Waals surface area (Å²) in [5.41, 5.74) is 2.77. The molecule has 2 aromatic carbocycles. The van der Waals surface area contributed by atoms with Crippen molar-refractivity contribution < 1.29 is 9.18 Å². The predicted octanol–water partition coefficient (Wildman–Crippen LogP) is 3.15. The highest BCUT2D eigenvalue weighted by atomic mass is 19.1. The van der Waals surface area contributed by atoms with Crippen molar-refractivity contribution in [2.75, 3.05) is 13.1 Å². The molecule has 0 radical (unpaired) electrons. The Morgan fingerprint density at radius 3 is 2.60 bits per heavy atom. The highest BCUT2D eigenvalue weighted by Gasteiger charge is 2.21.